The largest absolute Gasteiger partial charge is 0.464 e. The monoisotopic (exact) mass is 312 g/mol. The summed E-state index contributed by atoms with van der Waals surface area (Å²) in [4.78, 5) is 12.0. The summed E-state index contributed by atoms with van der Waals surface area (Å²) in [6.07, 6.45) is 0. The molecule has 0 unspecified atom stereocenters. The first-order valence-corrected chi connectivity index (χ1v) is 6.53. The molecule has 0 spiro atoms. The van der Waals surface area contributed by atoms with Crippen LogP contribution in [0.1, 0.15) is 12.5 Å². The number of hydrazine groups is 1. The highest BCUT2D eigenvalue weighted by atomic mass is 35.5. The normalized spacial score (nSPS) is 10.3. The zero-order valence-electron chi connectivity index (χ0n) is 11.2. The maximum absolute atomic E-state index is 13.1. The van der Waals surface area contributed by atoms with Crippen LogP contribution in [0, 0.1) is 5.82 Å². The molecule has 0 aliphatic carbocycles. The van der Waals surface area contributed by atoms with Crippen LogP contribution in [0.3, 0.4) is 0 Å². The highest BCUT2D eigenvalue weighted by molar-refractivity contribution is 6.30. The molecular weight excluding hydrogens is 299 g/mol. The number of nitrogen functional groups attached to an aromatic ring is 1. The molecule has 0 aliphatic rings. The first-order chi connectivity index (χ1) is 10.1. The summed E-state index contributed by atoms with van der Waals surface area (Å²) >= 11 is 5.72. The highest BCUT2D eigenvalue weighted by Gasteiger charge is 2.07. The number of nitrogens with one attached hydrogen (secondary N) is 2. The van der Waals surface area contributed by atoms with Crippen LogP contribution >= 0.6 is 11.6 Å². The Balaban J connectivity index is 2.11. The topological polar surface area (TPSA) is 98.0 Å². The predicted molar refractivity (Wildman–Crippen MR) is 77.5 cm³/mol. The Morgan fingerprint density at radius 2 is 2.05 bits per heavy atom. The summed E-state index contributed by atoms with van der Waals surface area (Å²) in [6.45, 7) is 2.59. The molecule has 21 heavy (non-hydrogen) atoms. The van der Waals surface area contributed by atoms with Crippen LogP contribution in [0.2, 0.25) is 5.02 Å². The Morgan fingerprint density at radius 1 is 1.29 bits per heavy atom. The number of hydrogen-bond donors (Lipinski definition) is 3. The number of aromatic nitrogens is 3. The molecule has 7 nitrogen and oxygen atoms in total. The summed E-state index contributed by atoms with van der Waals surface area (Å²) in [5.41, 5.74) is 3.11. The molecule has 0 atom stereocenters. The quantitative estimate of drug-likeness (QED) is 0.554. The van der Waals surface area contributed by atoms with Gasteiger partial charge in [0, 0.05) is 6.54 Å². The molecule has 0 amide bonds. The lowest BCUT2D eigenvalue weighted by Gasteiger charge is -2.09. The lowest BCUT2D eigenvalue weighted by molar-refractivity contribution is 0.312. The Bertz CT molecular complexity index is 627. The number of nitrogens with zero attached hydrogens (tertiary/aromatic N) is 3. The first kappa shape index (κ1) is 15.2. The Kier molecular flexibility index (Phi) is 5.07. The van der Waals surface area contributed by atoms with E-state index in [9.17, 15) is 4.39 Å². The summed E-state index contributed by atoms with van der Waals surface area (Å²) in [7, 11) is 0. The molecule has 2 aromatic rings. The second-order valence-electron chi connectivity index (χ2n) is 3.94. The lowest BCUT2D eigenvalue weighted by atomic mass is 10.2. The SMILES string of the molecule is CCOc1nc(NN)nc(NCc2ccc(F)c(Cl)c2)n1. The first-order valence-electron chi connectivity index (χ1n) is 6.15. The number of nitrogens with two attached hydrogens (primary N) is 1. The van der Waals surface area contributed by atoms with E-state index in [0.29, 0.717) is 13.2 Å². The molecule has 112 valence electrons. The van der Waals surface area contributed by atoms with Crippen molar-refractivity contribution in [3.05, 3.63) is 34.6 Å². The van der Waals surface area contributed by atoms with Crippen molar-refractivity contribution in [2.24, 2.45) is 5.84 Å². The van der Waals surface area contributed by atoms with Crippen molar-refractivity contribution in [3.63, 3.8) is 0 Å². The smallest absolute Gasteiger partial charge is 0.323 e. The van der Waals surface area contributed by atoms with Crippen molar-refractivity contribution in [3.8, 4) is 6.01 Å². The van der Waals surface area contributed by atoms with Crippen molar-refractivity contribution < 1.29 is 9.13 Å². The van der Waals surface area contributed by atoms with E-state index in [1.54, 1.807) is 6.07 Å². The van der Waals surface area contributed by atoms with Gasteiger partial charge in [0.1, 0.15) is 5.82 Å². The van der Waals surface area contributed by atoms with Crippen LogP contribution < -0.4 is 21.3 Å². The molecule has 0 fully saturated rings. The number of hydrogen-bond acceptors (Lipinski definition) is 7. The summed E-state index contributed by atoms with van der Waals surface area (Å²) in [6, 6.07) is 4.59. The van der Waals surface area contributed by atoms with Crippen LogP contribution in [-0.4, -0.2) is 21.6 Å². The van der Waals surface area contributed by atoms with Crippen molar-refractivity contribution in [2.45, 2.75) is 13.5 Å². The number of rotatable bonds is 6. The van der Waals surface area contributed by atoms with Gasteiger partial charge in [-0.2, -0.15) is 15.0 Å². The minimum Gasteiger partial charge on any atom is -0.464 e. The van der Waals surface area contributed by atoms with Crippen molar-refractivity contribution in [1.82, 2.24) is 15.0 Å². The fourth-order valence-electron chi connectivity index (χ4n) is 1.52. The van der Waals surface area contributed by atoms with Crippen LogP contribution in [0.25, 0.3) is 0 Å². The van der Waals surface area contributed by atoms with Gasteiger partial charge in [0.05, 0.1) is 11.6 Å². The average Bonchev–Trinajstić information content (AvgIpc) is 2.48. The van der Waals surface area contributed by atoms with E-state index in [4.69, 9.17) is 22.2 Å². The molecule has 0 saturated heterocycles. The van der Waals surface area contributed by atoms with Crippen LogP contribution in [0.15, 0.2) is 18.2 Å². The van der Waals surface area contributed by atoms with Gasteiger partial charge in [-0.25, -0.2) is 10.2 Å². The van der Waals surface area contributed by atoms with E-state index in [1.165, 1.54) is 12.1 Å². The summed E-state index contributed by atoms with van der Waals surface area (Å²) < 4.78 is 18.3. The zero-order valence-corrected chi connectivity index (χ0v) is 12.0. The number of halogens is 2. The molecule has 4 N–H and O–H groups in total. The van der Waals surface area contributed by atoms with Gasteiger partial charge in [0.25, 0.3) is 0 Å². The van der Waals surface area contributed by atoms with E-state index in [0.717, 1.165) is 5.56 Å². The maximum atomic E-state index is 13.1. The standard InChI is InChI=1S/C12H14ClFN6O/c1-2-21-12-18-10(17-11(19-12)20-15)16-6-7-3-4-9(14)8(13)5-7/h3-5H,2,6,15H2,1H3,(H2,16,17,18,19,20). The highest BCUT2D eigenvalue weighted by Crippen LogP contribution is 2.17. The van der Waals surface area contributed by atoms with Crippen LogP contribution in [-0.2, 0) is 6.54 Å². The molecule has 0 bridgehead atoms. The molecule has 1 aromatic heterocycles. The van der Waals surface area contributed by atoms with Crippen molar-refractivity contribution in [2.75, 3.05) is 17.3 Å². The Labute approximate surface area is 125 Å². The third-order valence-corrected chi connectivity index (χ3v) is 2.74. The fourth-order valence-corrected chi connectivity index (χ4v) is 1.73. The van der Waals surface area contributed by atoms with Gasteiger partial charge in [-0.15, -0.1) is 0 Å². The number of ether oxygens (including phenoxy) is 1. The van der Waals surface area contributed by atoms with Gasteiger partial charge in [-0.3, -0.25) is 5.43 Å². The second-order valence-corrected chi connectivity index (χ2v) is 4.35. The van der Waals surface area contributed by atoms with Crippen LogP contribution in [0.4, 0.5) is 16.3 Å². The third-order valence-electron chi connectivity index (χ3n) is 2.45. The molecule has 0 radical (unpaired) electrons. The van der Waals surface area contributed by atoms with E-state index in [2.05, 4.69) is 25.7 Å². The minimum atomic E-state index is -0.464. The van der Waals surface area contributed by atoms with E-state index in [1.807, 2.05) is 6.92 Å². The molecule has 0 saturated carbocycles. The van der Waals surface area contributed by atoms with Crippen molar-refractivity contribution in [1.29, 1.82) is 0 Å². The molecule has 1 aromatic carbocycles. The minimum absolute atomic E-state index is 0.0595. The van der Waals surface area contributed by atoms with Gasteiger partial charge < -0.3 is 10.1 Å². The average molecular weight is 313 g/mol. The number of anilines is 2. The van der Waals surface area contributed by atoms with Gasteiger partial charge in [0.2, 0.25) is 11.9 Å². The summed E-state index contributed by atoms with van der Waals surface area (Å²) in [5.74, 6) is 5.27. The molecule has 1 heterocycles. The van der Waals surface area contributed by atoms with Gasteiger partial charge in [0.15, 0.2) is 0 Å². The molecule has 2 rings (SSSR count). The van der Waals surface area contributed by atoms with Crippen molar-refractivity contribution >= 4 is 23.5 Å². The molecule has 9 heteroatoms. The second kappa shape index (κ2) is 7.00. The Morgan fingerprint density at radius 3 is 2.71 bits per heavy atom. The zero-order chi connectivity index (χ0) is 15.2. The predicted octanol–water partition coefficient (Wildman–Crippen LogP) is 1.96. The third kappa shape index (κ3) is 4.14. The van der Waals surface area contributed by atoms with Gasteiger partial charge in [-0.1, -0.05) is 17.7 Å². The fraction of sp³-hybridized carbons (Fsp3) is 0.250. The number of benzene rings is 1. The Hall–Kier alpha value is -2.19. The van der Waals surface area contributed by atoms with Crippen LogP contribution in [0.5, 0.6) is 6.01 Å². The van der Waals surface area contributed by atoms with E-state index >= 15 is 0 Å². The van der Waals surface area contributed by atoms with Gasteiger partial charge >= 0.3 is 6.01 Å². The van der Waals surface area contributed by atoms with E-state index < -0.39 is 5.82 Å². The summed E-state index contributed by atoms with van der Waals surface area (Å²) in [5, 5.41) is 3.02. The lowest BCUT2D eigenvalue weighted by Crippen LogP contribution is -2.14. The molecular formula is C12H14ClFN6O. The van der Waals surface area contributed by atoms with Gasteiger partial charge in [-0.05, 0) is 24.6 Å². The van der Waals surface area contributed by atoms with E-state index in [-0.39, 0.29) is 22.9 Å². The molecule has 0 aliphatic heterocycles. The maximum Gasteiger partial charge on any atom is 0.323 e.